The van der Waals surface area contributed by atoms with Crippen molar-refractivity contribution < 1.29 is 4.79 Å². The molecule has 4 heteroatoms. The molecule has 1 aromatic carbocycles. The predicted molar refractivity (Wildman–Crippen MR) is 97.7 cm³/mol. The number of hydrogen-bond donors (Lipinski definition) is 2. The van der Waals surface area contributed by atoms with Crippen molar-refractivity contribution in [2.24, 2.45) is 11.7 Å². The minimum Gasteiger partial charge on any atom is -0.344 e. The molecule has 0 saturated carbocycles. The summed E-state index contributed by atoms with van der Waals surface area (Å²) in [7, 11) is 0. The van der Waals surface area contributed by atoms with Crippen LogP contribution >= 0.6 is 11.3 Å². The molecule has 0 aliphatic carbocycles. The summed E-state index contributed by atoms with van der Waals surface area (Å²) in [5.74, 6) is 0.366. The van der Waals surface area contributed by atoms with Gasteiger partial charge in [0, 0.05) is 17.3 Å². The van der Waals surface area contributed by atoms with Gasteiger partial charge < -0.3 is 11.1 Å². The number of nitrogens with one attached hydrogen (secondary N) is 1. The Balaban J connectivity index is 2.25. The fraction of sp³-hybridized carbons (Fsp3) is 0.421. The van der Waals surface area contributed by atoms with Gasteiger partial charge >= 0.3 is 0 Å². The van der Waals surface area contributed by atoms with Gasteiger partial charge in [-0.05, 0) is 34.9 Å². The molecule has 0 aliphatic heterocycles. The quantitative estimate of drug-likeness (QED) is 0.804. The lowest BCUT2D eigenvalue weighted by atomic mass is 9.95. The molecule has 3 N–H and O–H groups in total. The molecule has 0 fully saturated rings. The van der Waals surface area contributed by atoms with Crippen LogP contribution in [0.5, 0.6) is 0 Å². The lowest BCUT2D eigenvalue weighted by Crippen LogP contribution is -2.36. The number of thiophene rings is 1. The third kappa shape index (κ3) is 4.43. The minimum atomic E-state index is -0.183. The maximum absolute atomic E-state index is 12.3. The molecule has 1 aromatic heterocycles. The Labute approximate surface area is 142 Å². The van der Waals surface area contributed by atoms with E-state index in [9.17, 15) is 4.79 Å². The summed E-state index contributed by atoms with van der Waals surface area (Å²) in [5, 5.41) is 5.18. The van der Waals surface area contributed by atoms with Crippen LogP contribution in [0.2, 0.25) is 0 Å². The zero-order valence-corrected chi connectivity index (χ0v) is 14.9. The van der Waals surface area contributed by atoms with E-state index in [-0.39, 0.29) is 17.9 Å². The van der Waals surface area contributed by atoms with Crippen LogP contribution in [-0.2, 0) is 4.79 Å². The average molecular weight is 330 g/mol. The third-order valence-corrected chi connectivity index (χ3v) is 5.30. The second-order valence-electron chi connectivity index (χ2n) is 6.07. The van der Waals surface area contributed by atoms with E-state index >= 15 is 0 Å². The fourth-order valence-electron chi connectivity index (χ4n) is 2.42. The molecule has 3 nitrogen and oxygen atoms in total. The van der Waals surface area contributed by atoms with Crippen LogP contribution in [0.15, 0.2) is 41.8 Å². The molecule has 1 heterocycles. The van der Waals surface area contributed by atoms with Crippen molar-refractivity contribution in [1.82, 2.24) is 5.32 Å². The zero-order chi connectivity index (χ0) is 16.8. The van der Waals surface area contributed by atoms with Crippen LogP contribution in [0.1, 0.15) is 55.2 Å². The van der Waals surface area contributed by atoms with Crippen molar-refractivity contribution in [1.29, 1.82) is 0 Å². The van der Waals surface area contributed by atoms with Gasteiger partial charge in [-0.15, -0.1) is 11.3 Å². The summed E-state index contributed by atoms with van der Waals surface area (Å²) >= 11 is 1.66. The van der Waals surface area contributed by atoms with Gasteiger partial charge in [0.25, 0.3) is 0 Å². The van der Waals surface area contributed by atoms with Gasteiger partial charge in [0.1, 0.15) is 0 Å². The van der Waals surface area contributed by atoms with E-state index in [0.29, 0.717) is 12.5 Å². The SMILES string of the molecule is CCC(C)c1ccc(C(NC(=O)C(C)CN)c2cccs2)cc1. The van der Waals surface area contributed by atoms with E-state index in [2.05, 4.69) is 49.5 Å². The van der Waals surface area contributed by atoms with Gasteiger partial charge in [0.2, 0.25) is 5.91 Å². The summed E-state index contributed by atoms with van der Waals surface area (Å²) < 4.78 is 0. The Hall–Kier alpha value is -1.65. The number of carbonyl (C=O) groups is 1. The molecule has 0 spiro atoms. The van der Waals surface area contributed by atoms with E-state index in [1.807, 2.05) is 18.4 Å². The van der Waals surface area contributed by atoms with Gasteiger partial charge in [0.05, 0.1) is 6.04 Å². The average Bonchev–Trinajstić information content (AvgIpc) is 3.12. The van der Waals surface area contributed by atoms with E-state index in [1.54, 1.807) is 11.3 Å². The minimum absolute atomic E-state index is 0.00287. The van der Waals surface area contributed by atoms with E-state index in [1.165, 1.54) is 5.56 Å². The van der Waals surface area contributed by atoms with Gasteiger partial charge in [-0.2, -0.15) is 0 Å². The van der Waals surface area contributed by atoms with E-state index < -0.39 is 0 Å². The number of carbonyl (C=O) groups excluding carboxylic acids is 1. The largest absolute Gasteiger partial charge is 0.344 e. The number of amides is 1. The highest BCUT2D eigenvalue weighted by Crippen LogP contribution is 2.28. The van der Waals surface area contributed by atoms with Crippen LogP contribution in [0, 0.1) is 5.92 Å². The molecule has 0 bridgehead atoms. The van der Waals surface area contributed by atoms with Crippen LogP contribution in [0.4, 0.5) is 0 Å². The molecule has 23 heavy (non-hydrogen) atoms. The van der Waals surface area contributed by atoms with Crippen molar-refractivity contribution in [2.45, 2.75) is 39.2 Å². The van der Waals surface area contributed by atoms with Gasteiger partial charge in [-0.25, -0.2) is 0 Å². The Bertz CT molecular complexity index is 607. The Morgan fingerprint density at radius 2 is 1.83 bits per heavy atom. The molecule has 124 valence electrons. The second kappa shape index (κ2) is 8.27. The molecule has 3 atom stereocenters. The smallest absolute Gasteiger partial charge is 0.224 e. The number of rotatable bonds is 7. The Kier molecular flexibility index (Phi) is 6.37. The van der Waals surface area contributed by atoms with Crippen LogP contribution in [0.3, 0.4) is 0 Å². The van der Waals surface area contributed by atoms with Crippen LogP contribution in [0.25, 0.3) is 0 Å². The summed E-state index contributed by atoms with van der Waals surface area (Å²) in [4.78, 5) is 13.4. The molecular weight excluding hydrogens is 304 g/mol. The first-order valence-electron chi connectivity index (χ1n) is 8.20. The number of nitrogens with two attached hydrogens (primary N) is 1. The fourth-order valence-corrected chi connectivity index (χ4v) is 3.22. The molecule has 3 unspecified atom stereocenters. The highest BCUT2D eigenvalue weighted by atomic mass is 32.1. The van der Waals surface area contributed by atoms with Gasteiger partial charge in [0.15, 0.2) is 0 Å². The number of benzene rings is 1. The van der Waals surface area contributed by atoms with Gasteiger partial charge in [-0.3, -0.25) is 4.79 Å². The summed E-state index contributed by atoms with van der Waals surface area (Å²) in [6.07, 6.45) is 1.12. The standard InChI is InChI=1S/C19H26N2OS/c1-4-13(2)15-7-9-16(10-8-15)18(17-6-5-11-23-17)21-19(22)14(3)12-20/h5-11,13-14,18H,4,12,20H2,1-3H3,(H,21,22). The first-order valence-corrected chi connectivity index (χ1v) is 9.08. The summed E-state index contributed by atoms with van der Waals surface area (Å²) in [5.41, 5.74) is 8.06. The van der Waals surface area contributed by atoms with Crippen LogP contribution < -0.4 is 11.1 Å². The van der Waals surface area contributed by atoms with E-state index in [0.717, 1.165) is 16.9 Å². The van der Waals surface area contributed by atoms with Crippen molar-refractivity contribution in [3.63, 3.8) is 0 Å². The number of hydrogen-bond acceptors (Lipinski definition) is 3. The first-order chi connectivity index (χ1) is 11.1. The zero-order valence-electron chi connectivity index (χ0n) is 14.1. The van der Waals surface area contributed by atoms with Crippen molar-refractivity contribution in [3.8, 4) is 0 Å². The van der Waals surface area contributed by atoms with E-state index in [4.69, 9.17) is 5.73 Å². The van der Waals surface area contributed by atoms with Gasteiger partial charge in [-0.1, -0.05) is 51.1 Å². The topological polar surface area (TPSA) is 55.1 Å². The maximum Gasteiger partial charge on any atom is 0.224 e. The summed E-state index contributed by atoms with van der Waals surface area (Å²) in [6.45, 7) is 6.64. The molecule has 2 aromatic rings. The normalized spacial score (nSPS) is 15.0. The van der Waals surface area contributed by atoms with Crippen molar-refractivity contribution in [3.05, 3.63) is 57.8 Å². The van der Waals surface area contributed by atoms with Crippen molar-refractivity contribution >= 4 is 17.2 Å². The molecule has 0 radical (unpaired) electrons. The molecule has 2 rings (SSSR count). The predicted octanol–water partition coefficient (Wildman–Crippen LogP) is 4.06. The molecule has 0 aliphatic rings. The lowest BCUT2D eigenvalue weighted by Gasteiger charge is -2.21. The highest BCUT2D eigenvalue weighted by molar-refractivity contribution is 7.10. The first kappa shape index (κ1) is 17.7. The Morgan fingerprint density at radius 3 is 2.35 bits per heavy atom. The molecule has 0 saturated heterocycles. The summed E-state index contributed by atoms with van der Waals surface area (Å²) in [6, 6.07) is 12.6. The monoisotopic (exact) mass is 330 g/mol. The molecule has 1 amide bonds. The third-order valence-electron chi connectivity index (χ3n) is 4.37. The Morgan fingerprint density at radius 1 is 1.17 bits per heavy atom. The molecular formula is C19H26N2OS. The highest BCUT2D eigenvalue weighted by Gasteiger charge is 2.20. The van der Waals surface area contributed by atoms with Crippen molar-refractivity contribution in [2.75, 3.05) is 6.54 Å². The second-order valence-corrected chi connectivity index (χ2v) is 7.05. The van der Waals surface area contributed by atoms with Crippen LogP contribution in [-0.4, -0.2) is 12.5 Å². The maximum atomic E-state index is 12.3. The lowest BCUT2D eigenvalue weighted by molar-refractivity contribution is -0.124.